The smallest absolute Gasteiger partial charge is 0.357 e. The number of ether oxygens (including phenoxy) is 2. The van der Waals surface area contributed by atoms with Crippen LogP contribution in [0.3, 0.4) is 0 Å². The lowest BCUT2D eigenvalue weighted by molar-refractivity contribution is -0.384. The van der Waals surface area contributed by atoms with Gasteiger partial charge in [-0.1, -0.05) is 0 Å². The average Bonchev–Trinajstić information content (AvgIpc) is 2.71. The minimum atomic E-state index is -3.81. The molecule has 0 saturated carbocycles. The van der Waals surface area contributed by atoms with Crippen LogP contribution >= 0.6 is 7.60 Å². The first kappa shape index (κ1) is 25.6. The SMILES string of the molecule is COc1ccc(C(Nc2ccc([N+](=O)[O-])cc2C)P(=O)(OC(C)C)OC(C)C)c(OC)c1. The molecule has 1 unspecified atom stereocenters. The molecule has 1 N–H and O–H groups in total. The standard InChI is InChI=1S/C22H31N2O7P/c1-14(2)30-32(27,31-15(3)4)22(19-10-9-18(28-6)13-21(19)29-7)23-20-11-8-17(24(25)26)12-16(20)5/h8-15,22-23H,1-7H3. The highest BCUT2D eigenvalue weighted by atomic mass is 31.2. The van der Waals surface area contributed by atoms with Crippen LogP contribution in [0.15, 0.2) is 36.4 Å². The predicted molar refractivity (Wildman–Crippen MR) is 124 cm³/mol. The monoisotopic (exact) mass is 466 g/mol. The van der Waals surface area contributed by atoms with Crippen LogP contribution in [0.5, 0.6) is 11.5 Å². The van der Waals surface area contributed by atoms with Crippen LogP contribution in [0.1, 0.15) is 44.6 Å². The van der Waals surface area contributed by atoms with E-state index in [9.17, 15) is 14.7 Å². The van der Waals surface area contributed by atoms with Crippen molar-refractivity contribution < 1.29 is 28.0 Å². The topological polar surface area (TPSA) is 109 Å². The molecule has 0 aromatic heterocycles. The number of aryl methyl sites for hydroxylation is 1. The Balaban J connectivity index is 2.66. The first-order valence-corrected chi connectivity index (χ1v) is 11.8. The number of benzene rings is 2. The van der Waals surface area contributed by atoms with E-state index in [0.717, 1.165) is 0 Å². The fourth-order valence-electron chi connectivity index (χ4n) is 3.18. The molecular weight excluding hydrogens is 435 g/mol. The van der Waals surface area contributed by atoms with Gasteiger partial charge in [-0.25, -0.2) is 0 Å². The Morgan fingerprint density at radius 1 is 0.969 bits per heavy atom. The highest BCUT2D eigenvalue weighted by Gasteiger charge is 2.41. The zero-order valence-corrected chi connectivity index (χ0v) is 20.3. The molecule has 0 saturated heterocycles. The number of rotatable bonds is 11. The Bertz CT molecular complexity index is 980. The van der Waals surface area contributed by atoms with Gasteiger partial charge in [-0.2, -0.15) is 0 Å². The van der Waals surface area contributed by atoms with Crippen LogP contribution in [0, 0.1) is 17.0 Å². The van der Waals surface area contributed by atoms with Gasteiger partial charge in [0, 0.05) is 29.4 Å². The predicted octanol–water partition coefficient (Wildman–Crippen LogP) is 6.07. The molecule has 0 aliphatic rings. The minimum absolute atomic E-state index is 0.0355. The van der Waals surface area contributed by atoms with Gasteiger partial charge in [0.05, 0.1) is 31.4 Å². The maximum absolute atomic E-state index is 14.1. The maximum atomic E-state index is 14.1. The lowest BCUT2D eigenvalue weighted by atomic mass is 10.1. The zero-order valence-electron chi connectivity index (χ0n) is 19.4. The number of anilines is 1. The van der Waals surface area contributed by atoms with Crippen molar-refractivity contribution in [3.8, 4) is 11.5 Å². The molecule has 0 fully saturated rings. The van der Waals surface area contributed by atoms with Gasteiger partial charge >= 0.3 is 7.60 Å². The van der Waals surface area contributed by atoms with Crippen LogP contribution in [0.4, 0.5) is 11.4 Å². The molecule has 0 radical (unpaired) electrons. The molecule has 2 rings (SSSR count). The van der Waals surface area contributed by atoms with E-state index in [2.05, 4.69) is 5.32 Å². The van der Waals surface area contributed by atoms with E-state index in [0.29, 0.717) is 28.3 Å². The summed E-state index contributed by atoms with van der Waals surface area (Å²) in [5.74, 6) is 0.0509. The summed E-state index contributed by atoms with van der Waals surface area (Å²) in [6.07, 6.45) is -0.767. The van der Waals surface area contributed by atoms with E-state index in [1.807, 2.05) is 0 Å². The van der Waals surface area contributed by atoms with Crippen molar-refractivity contribution in [1.82, 2.24) is 0 Å². The van der Waals surface area contributed by atoms with Crippen molar-refractivity contribution in [3.05, 3.63) is 57.6 Å². The Morgan fingerprint density at radius 2 is 1.59 bits per heavy atom. The molecule has 2 aromatic rings. The summed E-state index contributed by atoms with van der Waals surface area (Å²) in [4.78, 5) is 10.7. The van der Waals surface area contributed by atoms with Crippen molar-refractivity contribution in [1.29, 1.82) is 0 Å². The molecule has 9 nitrogen and oxygen atoms in total. The molecule has 0 aliphatic carbocycles. The summed E-state index contributed by atoms with van der Waals surface area (Å²) in [7, 11) is -0.765. The quantitative estimate of drug-likeness (QED) is 0.241. The van der Waals surface area contributed by atoms with Crippen LogP contribution in [-0.2, 0) is 13.6 Å². The molecule has 2 aromatic carbocycles. The van der Waals surface area contributed by atoms with Gasteiger partial charge in [0.25, 0.3) is 5.69 Å². The first-order chi connectivity index (χ1) is 15.0. The number of methoxy groups -OCH3 is 2. The third-order valence-electron chi connectivity index (χ3n) is 4.48. The van der Waals surface area contributed by atoms with E-state index >= 15 is 0 Å². The third kappa shape index (κ3) is 6.22. The summed E-state index contributed by atoms with van der Waals surface area (Å²) >= 11 is 0. The van der Waals surface area contributed by atoms with Crippen LogP contribution < -0.4 is 14.8 Å². The van der Waals surface area contributed by atoms with Crippen LogP contribution in [0.25, 0.3) is 0 Å². The van der Waals surface area contributed by atoms with E-state index in [4.69, 9.17) is 18.5 Å². The fourth-order valence-corrected chi connectivity index (χ4v) is 5.50. The molecule has 0 amide bonds. The van der Waals surface area contributed by atoms with E-state index in [1.54, 1.807) is 66.0 Å². The summed E-state index contributed by atoms with van der Waals surface area (Å²) in [6.45, 7) is 8.83. The normalized spacial score (nSPS) is 12.7. The number of hydrogen-bond donors (Lipinski definition) is 1. The van der Waals surface area contributed by atoms with Crippen molar-refractivity contribution >= 4 is 19.0 Å². The Kier molecular flexibility index (Phi) is 8.66. The average molecular weight is 466 g/mol. The van der Waals surface area contributed by atoms with Gasteiger partial charge in [-0.05, 0) is 58.4 Å². The van der Waals surface area contributed by atoms with Gasteiger partial charge in [0.2, 0.25) is 0 Å². The van der Waals surface area contributed by atoms with Gasteiger partial charge < -0.3 is 23.8 Å². The van der Waals surface area contributed by atoms with Crippen LogP contribution in [-0.4, -0.2) is 31.4 Å². The number of nitrogens with zero attached hydrogens (tertiary/aromatic N) is 1. The van der Waals surface area contributed by atoms with Gasteiger partial charge in [-0.15, -0.1) is 0 Å². The third-order valence-corrected chi connectivity index (χ3v) is 6.95. The Morgan fingerprint density at radius 3 is 2.06 bits per heavy atom. The first-order valence-electron chi connectivity index (χ1n) is 10.2. The van der Waals surface area contributed by atoms with E-state index in [1.165, 1.54) is 19.2 Å². The second-order valence-corrected chi connectivity index (χ2v) is 9.78. The number of nitrogens with one attached hydrogen (secondary N) is 1. The van der Waals surface area contributed by atoms with E-state index < -0.39 is 18.3 Å². The molecular formula is C22H31N2O7P. The lowest BCUT2D eigenvalue weighted by Gasteiger charge is -2.32. The largest absolute Gasteiger partial charge is 0.497 e. The zero-order chi connectivity index (χ0) is 24.1. The van der Waals surface area contributed by atoms with E-state index in [-0.39, 0.29) is 17.9 Å². The molecule has 0 bridgehead atoms. The number of nitro groups is 1. The molecule has 0 spiro atoms. The van der Waals surface area contributed by atoms with Crippen LogP contribution in [0.2, 0.25) is 0 Å². The van der Waals surface area contributed by atoms with Crippen molar-refractivity contribution in [2.24, 2.45) is 0 Å². The highest BCUT2D eigenvalue weighted by Crippen LogP contribution is 2.63. The number of nitro benzene ring substituents is 1. The molecule has 1 atom stereocenters. The lowest BCUT2D eigenvalue weighted by Crippen LogP contribution is -2.20. The molecule has 0 heterocycles. The summed E-state index contributed by atoms with van der Waals surface area (Å²) < 4.78 is 36.7. The summed E-state index contributed by atoms with van der Waals surface area (Å²) in [6, 6.07) is 9.55. The second-order valence-electron chi connectivity index (χ2n) is 7.76. The molecule has 0 aliphatic heterocycles. The molecule has 10 heteroatoms. The van der Waals surface area contributed by atoms with Crippen molar-refractivity contribution in [2.45, 2.75) is 52.6 Å². The van der Waals surface area contributed by atoms with Crippen molar-refractivity contribution in [2.75, 3.05) is 19.5 Å². The number of non-ortho nitro benzene ring substituents is 1. The summed E-state index contributed by atoms with van der Waals surface area (Å²) in [5.41, 5.74) is 1.66. The second kappa shape index (κ2) is 10.8. The highest BCUT2D eigenvalue weighted by molar-refractivity contribution is 7.54. The Labute approximate surface area is 188 Å². The minimum Gasteiger partial charge on any atom is -0.497 e. The fraction of sp³-hybridized carbons (Fsp3) is 0.455. The van der Waals surface area contributed by atoms with Gasteiger partial charge in [-0.3, -0.25) is 14.7 Å². The summed E-state index contributed by atoms with van der Waals surface area (Å²) in [5, 5.41) is 14.4. The van der Waals surface area contributed by atoms with Gasteiger partial charge in [0.1, 0.15) is 11.5 Å². The number of hydrogen-bond acceptors (Lipinski definition) is 8. The molecule has 32 heavy (non-hydrogen) atoms. The van der Waals surface area contributed by atoms with Gasteiger partial charge in [0.15, 0.2) is 5.78 Å². The Hall–Kier alpha value is -2.61. The van der Waals surface area contributed by atoms with Crippen molar-refractivity contribution in [3.63, 3.8) is 0 Å². The molecule has 176 valence electrons. The maximum Gasteiger partial charge on any atom is 0.357 e.